The topological polar surface area (TPSA) is 49.8 Å². The number of carboxylic acid groups (broad SMARTS) is 1. The minimum absolute atomic E-state index is 0.0328. The van der Waals surface area contributed by atoms with Crippen molar-refractivity contribution in [3.05, 3.63) is 0 Å². The highest BCUT2D eigenvalue weighted by atomic mass is 19.4. The number of carbonyl (C=O) groups is 1. The van der Waals surface area contributed by atoms with Gasteiger partial charge in [-0.1, -0.05) is 0 Å². The van der Waals surface area contributed by atoms with Crippen LogP contribution in [-0.4, -0.2) is 54.0 Å². The molecule has 4 nitrogen and oxygen atoms in total. The summed E-state index contributed by atoms with van der Waals surface area (Å²) in [7, 11) is 0. The minimum atomic E-state index is -4.37. The number of halogens is 3. The van der Waals surface area contributed by atoms with Gasteiger partial charge in [0.05, 0.1) is 19.2 Å². The van der Waals surface area contributed by atoms with Crippen molar-refractivity contribution < 1.29 is 27.8 Å². The van der Waals surface area contributed by atoms with Gasteiger partial charge >= 0.3 is 12.1 Å². The molecule has 1 N–H and O–H groups in total. The van der Waals surface area contributed by atoms with Crippen molar-refractivity contribution >= 4 is 5.97 Å². The van der Waals surface area contributed by atoms with Gasteiger partial charge in [0, 0.05) is 12.6 Å². The van der Waals surface area contributed by atoms with Crippen LogP contribution in [0.2, 0.25) is 0 Å². The van der Waals surface area contributed by atoms with Crippen molar-refractivity contribution in [3.63, 3.8) is 0 Å². The van der Waals surface area contributed by atoms with Crippen molar-refractivity contribution in [2.24, 2.45) is 0 Å². The van der Waals surface area contributed by atoms with Crippen LogP contribution in [-0.2, 0) is 9.53 Å². The lowest BCUT2D eigenvalue weighted by Gasteiger charge is -2.42. The van der Waals surface area contributed by atoms with E-state index in [1.54, 1.807) is 0 Å². The summed E-state index contributed by atoms with van der Waals surface area (Å²) in [5.41, 5.74) is 0. The first-order chi connectivity index (χ1) is 7.81. The van der Waals surface area contributed by atoms with Crippen LogP contribution in [0.5, 0.6) is 0 Å². The molecule has 0 spiro atoms. The number of nitrogens with zero attached hydrogens (tertiary/aromatic N) is 1. The Morgan fingerprint density at radius 2 is 2.06 bits per heavy atom. The van der Waals surface area contributed by atoms with E-state index in [9.17, 15) is 18.0 Å². The molecule has 0 aromatic rings. The van der Waals surface area contributed by atoms with Gasteiger partial charge in [0.1, 0.15) is 0 Å². The Labute approximate surface area is 97.3 Å². The van der Waals surface area contributed by atoms with Crippen molar-refractivity contribution in [2.45, 2.75) is 38.1 Å². The van der Waals surface area contributed by atoms with Crippen LogP contribution in [0.1, 0.15) is 19.8 Å². The molecule has 1 saturated carbocycles. The van der Waals surface area contributed by atoms with Crippen LogP contribution in [0.4, 0.5) is 13.2 Å². The molecule has 0 unspecified atom stereocenters. The van der Waals surface area contributed by atoms with Crippen LogP contribution in [0.3, 0.4) is 0 Å². The molecule has 1 fully saturated rings. The summed E-state index contributed by atoms with van der Waals surface area (Å²) in [5.74, 6) is -1.24. The molecule has 17 heavy (non-hydrogen) atoms. The highest BCUT2D eigenvalue weighted by Gasteiger charge is 2.40. The lowest BCUT2D eigenvalue weighted by atomic mass is 9.87. The molecule has 0 aromatic heterocycles. The Morgan fingerprint density at radius 3 is 2.47 bits per heavy atom. The smallest absolute Gasteiger partial charge is 0.401 e. The van der Waals surface area contributed by atoms with Gasteiger partial charge in [-0.05, 0) is 19.8 Å². The first kappa shape index (κ1) is 14.2. The van der Waals surface area contributed by atoms with Crippen LogP contribution in [0.15, 0.2) is 0 Å². The number of hydrogen-bond acceptors (Lipinski definition) is 3. The maximum Gasteiger partial charge on any atom is 0.401 e. The van der Waals surface area contributed by atoms with E-state index in [0.29, 0.717) is 19.4 Å². The summed E-state index contributed by atoms with van der Waals surface area (Å²) in [5, 5.41) is 8.58. The van der Waals surface area contributed by atoms with Crippen LogP contribution < -0.4 is 0 Å². The summed E-state index contributed by atoms with van der Waals surface area (Å²) in [4.78, 5) is 11.5. The van der Waals surface area contributed by atoms with Crippen molar-refractivity contribution in [2.75, 3.05) is 19.7 Å². The molecule has 0 aromatic carbocycles. The van der Waals surface area contributed by atoms with E-state index in [4.69, 9.17) is 9.84 Å². The number of ether oxygens (including phenoxy) is 1. The Balaban J connectivity index is 2.45. The number of alkyl halides is 3. The zero-order valence-electron chi connectivity index (χ0n) is 9.54. The average Bonchev–Trinajstić information content (AvgIpc) is 2.05. The largest absolute Gasteiger partial charge is 0.480 e. The molecule has 1 aliphatic carbocycles. The number of carboxylic acids is 1. The fourth-order valence-corrected chi connectivity index (χ4v) is 1.93. The molecular weight excluding hydrogens is 239 g/mol. The van der Waals surface area contributed by atoms with Crippen molar-refractivity contribution in [1.82, 2.24) is 4.90 Å². The van der Waals surface area contributed by atoms with E-state index in [1.807, 2.05) is 6.92 Å². The van der Waals surface area contributed by atoms with Gasteiger partial charge in [-0.25, -0.2) is 0 Å². The van der Waals surface area contributed by atoms with E-state index < -0.39 is 25.2 Å². The van der Waals surface area contributed by atoms with E-state index in [2.05, 4.69) is 0 Å². The Morgan fingerprint density at radius 1 is 1.47 bits per heavy atom. The van der Waals surface area contributed by atoms with Gasteiger partial charge in [0.25, 0.3) is 0 Å². The molecule has 0 bridgehead atoms. The number of rotatable bonds is 6. The van der Waals surface area contributed by atoms with Gasteiger partial charge in [-0.2, -0.15) is 13.2 Å². The summed E-state index contributed by atoms with van der Waals surface area (Å²) >= 11 is 0. The van der Waals surface area contributed by atoms with E-state index in [1.165, 1.54) is 0 Å². The number of hydrogen-bond donors (Lipinski definition) is 1. The summed E-state index contributed by atoms with van der Waals surface area (Å²) in [6.07, 6.45) is -3.46. The predicted molar refractivity (Wildman–Crippen MR) is 53.7 cm³/mol. The molecule has 0 amide bonds. The fourth-order valence-electron chi connectivity index (χ4n) is 1.93. The molecule has 1 rings (SSSR count). The highest BCUT2D eigenvalue weighted by Crippen LogP contribution is 2.30. The second kappa shape index (κ2) is 5.68. The quantitative estimate of drug-likeness (QED) is 0.781. The molecule has 0 heterocycles. The van der Waals surface area contributed by atoms with Gasteiger partial charge in [-0.15, -0.1) is 0 Å². The second-order valence-electron chi connectivity index (χ2n) is 4.12. The first-order valence-electron chi connectivity index (χ1n) is 5.46. The van der Waals surface area contributed by atoms with Crippen LogP contribution >= 0.6 is 0 Å². The molecule has 0 aliphatic heterocycles. The minimum Gasteiger partial charge on any atom is -0.480 e. The lowest BCUT2D eigenvalue weighted by molar-refractivity contribution is -0.167. The van der Waals surface area contributed by atoms with Crippen molar-refractivity contribution in [3.8, 4) is 0 Å². The van der Waals surface area contributed by atoms with Gasteiger partial charge in [0.15, 0.2) is 0 Å². The standard InChI is InChI=1S/C10H16F3NO3/c1-2-17-8-3-7(4-8)14(5-9(15)16)6-10(11,12)13/h7-8H,2-6H2,1H3,(H,15,16). The SMILES string of the molecule is CCOC1CC(N(CC(=O)O)CC(F)(F)F)C1. The third-order valence-electron chi connectivity index (χ3n) is 2.71. The molecule has 7 heteroatoms. The molecule has 0 saturated heterocycles. The maximum absolute atomic E-state index is 12.3. The molecular formula is C10H16F3NO3. The van der Waals surface area contributed by atoms with E-state index >= 15 is 0 Å². The maximum atomic E-state index is 12.3. The third kappa shape index (κ3) is 4.91. The monoisotopic (exact) mass is 255 g/mol. The third-order valence-corrected chi connectivity index (χ3v) is 2.71. The zero-order chi connectivity index (χ0) is 13.1. The van der Waals surface area contributed by atoms with Gasteiger partial charge in [0.2, 0.25) is 0 Å². The van der Waals surface area contributed by atoms with Crippen LogP contribution in [0.25, 0.3) is 0 Å². The number of aliphatic carboxylic acids is 1. The average molecular weight is 255 g/mol. The van der Waals surface area contributed by atoms with E-state index in [0.717, 1.165) is 4.90 Å². The molecule has 1 aliphatic rings. The summed E-state index contributed by atoms with van der Waals surface area (Å²) < 4.78 is 42.0. The van der Waals surface area contributed by atoms with Gasteiger partial charge in [-0.3, -0.25) is 9.69 Å². The Kier molecular flexibility index (Phi) is 4.76. The van der Waals surface area contributed by atoms with Crippen molar-refractivity contribution in [1.29, 1.82) is 0 Å². The molecule has 100 valence electrons. The first-order valence-corrected chi connectivity index (χ1v) is 5.46. The van der Waals surface area contributed by atoms with Crippen LogP contribution in [0, 0.1) is 0 Å². The zero-order valence-corrected chi connectivity index (χ0v) is 9.54. The second-order valence-corrected chi connectivity index (χ2v) is 4.12. The summed E-state index contributed by atoms with van der Waals surface area (Å²) in [6, 6.07) is -0.343. The van der Waals surface area contributed by atoms with Gasteiger partial charge < -0.3 is 9.84 Å². The Hall–Kier alpha value is -0.820. The fraction of sp³-hybridized carbons (Fsp3) is 0.900. The lowest BCUT2D eigenvalue weighted by Crippen LogP contribution is -2.52. The summed E-state index contributed by atoms with van der Waals surface area (Å²) in [6.45, 7) is 0.583. The van der Waals surface area contributed by atoms with E-state index in [-0.39, 0.29) is 12.1 Å². The normalized spacial score (nSPS) is 24.8. The molecule has 0 atom stereocenters. The Bertz CT molecular complexity index is 264. The predicted octanol–water partition coefficient (Wildman–Crippen LogP) is 1.50. The highest BCUT2D eigenvalue weighted by molar-refractivity contribution is 5.69. The molecule has 0 radical (unpaired) electrons.